The third-order valence-electron chi connectivity index (χ3n) is 3.71. The highest BCUT2D eigenvalue weighted by molar-refractivity contribution is 7.15. The van der Waals surface area contributed by atoms with Crippen LogP contribution in [0.1, 0.15) is 62.4 Å². The number of nitrogens with one attached hydrogen (secondary N) is 1. The monoisotopic (exact) mass is 282 g/mol. The van der Waals surface area contributed by atoms with Crippen molar-refractivity contribution in [2.45, 2.75) is 64.3 Å². The molecule has 1 aromatic rings. The molecule has 0 aromatic carbocycles. The maximum absolute atomic E-state index is 11.3. The van der Waals surface area contributed by atoms with Crippen molar-refractivity contribution in [3.63, 3.8) is 0 Å². The van der Waals surface area contributed by atoms with Gasteiger partial charge in [-0.3, -0.25) is 4.79 Å². The second-order valence-electron chi connectivity index (χ2n) is 5.15. The molecular weight excluding hydrogens is 260 g/mol. The second-order valence-corrected chi connectivity index (χ2v) is 6.23. The van der Waals surface area contributed by atoms with Gasteiger partial charge in [-0.1, -0.05) is 20.3 Å². The number of rotatable bonds is 6. The summed E-state index contributed by atoms with van der Waals surface area (Å²) in [6.07, 6.45) is 6.00. The van der Waals surface area contributed by atoms with Crippen LogP contribution in [-0.4, -0.2) is 22.1 Å². The van der Waals surface area contributed by atoms with Crippen molar-refractivity contribution < 1.29 is 9.90 Å². The van der Waals surface area contributed by atoms with Crippen LogP contribution in [0.4, 0.5) is 5.13 Å². The Bertz CT molecular complexity index is 445. The average Bonchev–Trinajstić information content (AvgIpc) is 2.79. The standard InChI is InChI=1S/C14H22N2O2S/c1-3-6-9(4-2)15-14-16-12-10(13(17)18)7-5-8-11(12)19-14/h9-10H,3-8H2,1-2H3,(H,15,16)(H,17,18). The third kappa shape index (κ3) is 3.26. The number of aliphatic carboxylic acids is 1. The van der Waals surface area contributed by atoms with Crippen molar-refractivity contribution in [3.8, 4) is 0 Å². The topological polar surface area (TPSA) is 62.2 Å². The van der Waals surface area contributed by atoms with Crippen LogP contribution >= 0.6 is 11.3 Å². The number of carboxylic acid groups (broad SMARTS) is 1. The summed E-state index contributed by atoms with van der Waals surface area (Å²) in [5.74, 6) is -1.14. The van der Waals surface area contributed by atoms with Crippen LogP contribution < -0.4 is 5.32 Å². The molecule has 0 bridgehead atoms. The molecule has 1 aromatic heterocycles. The first-order valence-electron chi connectivity index (χ1n) is 7.14. The predicted molar refractivity (Wildman–Crippen MR) is 78.0 cm³/mol. The molecule has 2 N–H and O–H groups in total. The van der Waals surface area contributed by atoms with E-state index < -0.39 is 11.9 Å². The fourth-order valence-electron chi connectivity index (χ4n) is 2.62. The zero-order valence-corrected chi connectivity index (χ0v) is 12.4. The van der Waals surface area contributed by atoms with E-state index in [2.05, 4.69) is 24.1 Å². The van der Waals surface area contributed by atoms with Gasteiger partial charge in [-0.15, -0.1) is 11.3 Å². The summed E-state index contributed by atoms with van der Waals surface area (Å²) in [6, 6.07) is 0.445. The molecule has 0 amide bonds. The summed E-state index contributed by atoms with van der Waals surface area (Å²) in [6.45, 7) is 4.35. The van der Waals surface area contributed by atoms with Gasteiger partial charge in [0.1, 0.15) is 5.92 Å². The normalized spacial score (nSPS) is 19.8. The third-order valence-corrected chi connectivity index (χ3v) is 4.77. The Labute approximate surface area is 118 Å². The second kappa shape index (κ2) is 6.37. The summed E-state index contributed by atoms with van der Waals surface area (Å²) in [5.41, 5.74) is 0.803. The Balaban J connectivity index is 2.14. The van der Waals surface area contributed by atoms with Gasteiger partial charge in [0, 0.05) is 10.9 Å². The zero-order valence-electron chi connectivity index (χ0n) is 11.6. The zero-order chi connectivity index (χ0) is 13.8. The minimum atomic E-state index is -0.738. The lowest BCUT2D eigenvalue weighted by Crippen LogP contribution is -2.19. The number of carboxylic acids is 1. The van der Waals surface area contributed by atoms with Crippen LogP contribution in [0.15, 0.2) is 0 Å². The summed E-state index contributed by atoms with van der Waals surface area (Å²) in [5, 5.41) is 13.6. The van der Waals surface area contributed by atoms with E-state index in [1.54, 1.807) is 11.3 Å². The van der Waals surface area contributed by atoms with Gasteiger partial charge >= 0.3 is 5.97 Å². The van der Waals surface area contributed by atoms with Crippen molar-refractivity contribution in [2.24, 2.45) is 0 Å². The Hall–Kier alpha value is -1.10. The van der Waals surface area contributed by atoms with Gasteiger partial charge in [0.15, 0.2) is 5.13 Å². The van der Waals surface area contributed by atoms with Gasteiger partial charge in [0.25, 0.3) is 0 Å². The molecule has 1 aliphatic carbocycles. The Morgan fingerprint density at radius 1 is 1.58 bits per heavy atom. The van der Waals surface area contributed by atoms with Crippen LogP contribution in [0.5, 0.6) is 0 Å². The van der Waals surface area contributed by atoms with Crippen molar-refractivity contribution >= 4 is 22.4 Å². The lowest BCUT2D eigenvalue weighted by Gasteiger charge is -2.16. The minimum absolute atomic E-state index is 0.401. The number of anilines is 1. The van der Waals surface area contributed by atoms with E-state index in [4.69, 9.17) is 0 Å². The number of nitrogens with zero attached hydrogens (tertiary/aromatic N) is 1. The lowest BCUT2D eigenvalue weighted by molar-refractivity contribution is -0.139. The molecule has 106 valence electrons. The molecule has 0 radical (unpaired) electrons. The molecule has 0 saturated carbocycles. The molecule has 19 heavy (non-hydrogen) atoms. The molecule has 1 heterocycles. The molecule has 4 nitrogen and oxygen atoms in total. The first-order chi connectivity index (χ1) is 9.15. The average molecular weight is 282 g/mol. The maximum atomic E-state index is 11.3. The summed E-state index contributed by atoms with van der Waals surface area (Å²) >= 11 is 1.64. The molecule has 0 saturated heterocycles. The van der Waals surface area contributed by atoms with Crippen molar-refractivity contribution in [1.29, 1.82) is 0 Å². The fourth-order valence-corrected chi connectivity index (χ4v) is 3.76. The molecule has 1 aliphatic rings. The van der Waals surface area contributed by atoms with Crippen LogP contribution in [0.2, 0.25) is 0 Å². The van der Waals surface area contributed by atoms with E-state index in [0.29, 0.717) is 6.04 Å². The maximum Gasteiger partial charge on any atom is 0.312 e. The Morgan fingerprint density at radius 2 is 2.37 bits per heavy atom. The highest BCUT2D eigenvalue weighted by Gasteiger charge is 2.30. The molecule has 2 unspecified atom stereocenters. The summed E-state index contributed by atoms with van der Waals surface area (Å²) in [7, 11) is 0. The van der Waals surface area contributed by atoms with Gasteiger partial charge in [0.2, 0.25) is 0 Å². The Morgan fingerprint density at radius 3 is 3.00 bits per heavy atom. The first-order valence-corrected chi connectivity index (χ1v) is 7.96. The van der Waals surface area contributed by atoms with Crippen LogP contribution in [0.3, 0.4) is 0 Å². The van der Waals surface area contributed by atoms with Crippen LogP contribution in [-0.2, 0) is 11.2 Å². The van der Waals surface area contributed by atoms with E-state index in [9.17, 15) is 9.90 Å². The van der Waals surface area contributed by atoms with Crippen LogP contribution in [0, 0.1) is 0 Å². The van der Waals surface area contributed by atoms with E-state index in [-0.39, 0.29) is 0 Å². The number of hydrogen-bond donors (Lipinski definition) is 2. The predicted octanol–water partition coefficient (Wildman–Crippen LogP) is 3.64. The van der Waals surface area contributed by atoms with Gasteiger partial charge in [-0.05, 0) is 32.1 Å². The number of fused-ring (bicyclic) bond motifs is 1. The number of thiazole rings is 1. The highest BCUT2D eigenvalue weighted by atomic mass is 32.1. The van der Waals surface area contributed by atoms with E-state index in [1.165, 1.54) is 0 Å². The van der Waals surface area contributed by atoms with E-state index in [0.717, 1.165) is 54.2 Å². The number of carbonyl (C=O) groups is 1. The summed E-state index contributed by atoms with van der Waals surface area (Å²) in [4.78, 5) is 17.0. The SMILES string of the molecule is CCCC(CC)Nc1nc2c(s1)CCCC2C(=O)O. The van der Waals surface area contributed by atoms with Gasteiger partial charge in [0.05, 0.1) is 5.69 Å². The number of hydrogen-bond acceptors (Lipinski definition) is 4. The Kier molecular flexibility index (Phi) is 4.80. The quantitative estimate of drug-likeness (QED) is 0.836. The molecule has 0 aliphatic heterocycles. The van der Waals surface area contributed by atoms with Gasteiger partial charge in [-0.2, -0.15) is 0 Å². The minimum Gasteiger partial charge on any atom is -0.481 e. The van der Waals surface area contributed by atoms with Gasteiger partial charge < -0.3 is 10.4 Å². The lowest BCUT2D eigenvalue weighted by atomic mass is 9.91. The van der Waals surface area contributed by atoms with Crippen molar-refractivity contribution in [2.75, 3.05) is 5.32 Å². The van der Waals surface area contributed by atoms with E-state index >= 15 is 0 Å². The molecule has 2 atom stereocenters. The molecule has 5 heteroatoms. The molecule has 2 rings (SSSR count). The summed E-state index contributed by atoms with van der Waals surface area (Å²) < 4.78 is 0. The van der Waals surface area contributed by atoms with Crippen molar-refractivity contribution in [3.05, 3.63) is 10.6 Å². The number of aromatic nitrogens is 1. The smallest absolute Gasteiger partial charge is 0.312 e. The number of aryl methyl sites for hydroxylation is 1. The molecule has 0 spiro atoms. The van der Waals surface area contributed by atoms with Gasteiger partial charge in [-0.25, -0.2) is 4.98 Å². The molecule has 0 fully saturated rings. The largest absolute Gasteiger partial charge is 0.481 e. The fraction of sp³-hybridized carbons (Fsp3) is 0.714. The highest BCUT2D eigenvalue weighted by Crippen LogP contribution is 2.37. The van der Waals surface area contributed by atoms with E-state index in [1.807, 2.05) is 0 Å². The first kappa shape index (κ1) is 14.3. The molecular formula is C14H22N2O2S. The van der Waals surface area contributed by atoms with Crippen molar-refractivity contribution in [1.82, 2.24) is 4.98 Å². The van der Waals surface area contributed by atoms with Crippen LogP contribution in [0.25, 0.3) is 0 Å².